The number of hydrogen-bond acceptors (Lipinski definition) is 3. The fraction of sp³-hybridized carbons (Fsp3) is 0.190. The van der Waals surface area contributed by atoms with Crippen molar-refractivity contribution < 1.29 is 17.5 Å². The van der Waals surface area contributed by atoms with Crippen molar-refractivity contribution in [2.24, 2.45) is 10.7 Å². The van der Waals surface area contributed by atoms with E-state index < -0.39 is 5.51 Å². The van der Waals surface area contributed by atoms with Crippen LogP contribution in [0.1, 0.15) is 24.6 Å². The Balaban J connectivity index is 1.84. The van der Waals surface area contributed by atoms with Gasteiger partial charge >= 0.3 is 13.2 Å². The summed E-state index contributed by atoms with van der Waals surface area (Å²) in [6.07, 6.45) is 7.64. The number of allylic oxidation sites excluding steroid dienone is 3. The van der Waals surface area contributed by atoms with Crippen molar-refractivity contribution in [2.75, 3.05) is 6.54 Å². The van der Waals surface area contributed by atoms with E-state index in [4.69, 9.17) is 5.73 Å². The molecule has 0 saturated carbocycles. The van der Waals surface area contributed by atoms with Crippen LogP contribution in [0.3, 0.4) is 0 Å². The van der Waals surface area contributed by atoms with E-state index in [-0.39, 0.29) is 16.7 Å². The quantitative estimate of drug-likeness (QED) is 0.350. The minimum Gasteiger partial charge on any atom is -0.365 e. The van der Waals surface area contributed by atoms with Gasteiger partial charge < -0.3 is 14.5 Å². The second-order valence-corrected chi connectivity index (χ2v) is 7.72. The van der Waals surface area contributed by atoms with Crippen LogP contribution in [0, 0.1) is 0 Å². The maximum Gasteiger partial charge on any atom is 0.495 e. The van der Waals surface area contributed by atoms with E-state index in [2.05, 4.69) is 4.99 Å². The summed E-state index contributed by atoms with van der Waals surface area (Å²) < 4.78 is 51.8. The molecule has 3 rings (SSSR count). The van der Waals surface area contributed by atoms with Crippen molar-refractivity contribution in [3.05, 3.63) is 77.3 Å². The van der Waals surface area contributed by atoms with Crippen molar-refractivity contribution in [2.45, 2.75) is 23.7 Å². The van der Waals surface area contributed by atoms with Crippen molar-refractivity contribution in [3.63, 3.8) is 0 Å². The average Bonchev–Trinajstić information content (AvgIpc) is 3.31. The molecule has 2 N–H and O–H groups in total. The zero-order valence-electron chi connectivity index (χ0n) is 16.2. The Morgan fingerprint density at radius 3 is 2.57 bits per heavy atom. The zero-order valence-corrected chi connectivity index (χ0v) is 17.0. The van der Waals surface area contributed by atoms with Gasteiger partial charge in [0.1, 0.15) is 0 Å². The summed E-state index contributed by atoms with van der Waals surface area (Å²) in [6, 6.07) is 9.67. The predicted octanol–water partition coefficient (Wildman–Crippen LogP) is 5.63. The Morgan fingerprint density at radius 2 is 1.93 bits per heavy atom. The van der Waals surface area contributed by atoms with E-state index in [1.165, 1.54) is 16.6 Å². The lowest BCUT2D eigenvalue weighted by Gasteiger charge is -2.12. The molecule has 3 nitrogen and oxygen atoms in total. The number of benzene rings is 1. The van der Waals surface area contributed by atoms with Crippen LogP contribution in [-0.2, 0) is 0 Å². The summed E-state index contributed by atoms with van der Waals surface area (Å²) in [5, 5.41) is 0. The number of halogens is 4. The molecule has 0 spiro atoms. The normalized spacial score (nSPS) is 16.1. The van der Waals surface area contributed by atoms with Gasteiger partial charge in [0, 0.05) is 16.2 Å². The monoisotopic (exact) mass is 432 g/mol. The molecular weight excluding hydrogens is 413 g/mol. The first kappa shape index (κ1) is 22.2. The molecule has 1 aliphatic heterocycles. The summed E-state index contributed by atoms with van der Waals surface area (Å²) in [5.74, 6) is 0. The Kier molecular flexibility index (Phi) is 7.04. The van der Waals surface area contributed by atoms with Crippen molar-refractivity contribution in [1.29, 1.82) is 0 Å². The lowest BCUT2D eigenvalue weighted by atomic mass is 10.0. The van der Waals surface area contributed by atoms with Crippen LogP contribution < -0.4 is 5.73 Å². The molecule has 0 bridgehead atoms. The van der Waals surface area contributed by atoms with Crippen LogP contribution in [0.25, 0.3) is 11.6 Å². The molecule has 0 unspecified atom stereocenters. The Labute approximate surface area is 177 Å². The third-order valence-electron chi connectivity index (χ3n) is 4.41. The molecular formula is C21H19BF4N3S. The molecule has 0 amide bonds. The molecule has 1 aromatic heterocycles. The number of aliphatic imine (C=N–C) groups is 1. The standard InChI is InChI=1S/C21H19BF4N3S/c1-14-13-16(7-4-15-5-8-17(9-6-15)30-21(23,24)25)28-20(14)18(10-11-27)19-3-2-12-29(19)22-26/h2-9,12-13H,10-11,27H2,1H3/b7-4+,20-18-. The van der Waals surface area contributed by atoms with Gasteiger partial charge in [-0.3, -0.25) is 0 Å². The fourth-order valence-electron chi connectivity index (χ4n) is 3.14. The highest BCUT2D eigenvalue weighted by Crippen LogP contribution is 2.37. The highest BCUT2D eigenvalue weighted by molar-refractivity contribution is 8.00. The van der Waals surface area contributed by atoms with Gasteiger partial charge in [0.2, 0.25) is 0 Å². The van der Waals surface area contributed by atoms with Crippen LogP contribution in [0.15, 0.2) is 75.9 Å². The molecule has 1 aromatic carbocycles. The summed E-state index contributed by atoms with van der Waals surface area (Å²) in [7, 11) is 0.492. The summed E-state index contributed by atoms with van der Waals surface area (Å²) >= 11 is -0.142. The topological polar surface area (TPSA) is 43.3 Å². The first-order valence-corrected chi connectivity index (χ1v) is 9.97. The van der Waals surface area contributed by atoms with Gasteiger partial charge in [0.05, 0.1) is 11.4 Å². The lowest BCUT2D eigenvalue weighted by molar-refractivity contribution is -0.0328. The highest BCUT2D eigenvalue weighted by atomic mass is 32.2. The van der Waals surface area contributed by atoms with E-state index >= 15 is 0 Å². The molecule has 0 saturated heterocycles. The Bertz CT molecular complexity index is 1020. The molecule has 1 radical (unpaired) electrons. The number of aromatic nitrogens is 1. The third kappa shape index (κ3) is 5.55. The largest absolute Gasteiger partial charge is 0.495 e. The van der Waals surface area contributed by atoms with Gasteiger partial charge in [0.15, 0.2) is 0 Å². The predicted molar refractivity (Wildman–Crippen MR) is 116 cm³/mol. The van der Waals surface area contributed by atoms with E-state index in [1.54, 1.807) is 36.5 Å². The van der Waals surface area contributed by atoms with Crippen molar-refractivity contribution in [3.8, 4) is 0 Å². The van der Waals surface area contributed by atoms with Gasteiger partial charge in [0.25, 0.3) is 0 Å². The second kappa shape index (κ2) is 9.53. The van der Waals surface area contributed by atoms with Gasteiger partial charge in [-0.25, -0.2) is 4.99 Å². The van der Waals surface area contributed by atoms with Crippen molar-refractivity contribution in [1.82, 2.24) is 4.48 Å². The van der Waals surface area contributed by atoms with Crippen LogP contribution in [0.2, 0.25) is 0 Å². The Morgan fingerprint density at radius 1 is 1.20 bits per heavy atom. The van der Waals surface area contributed by atoms with Crippen LogP contribution in [0.4, 0.5) is 17.5 Å². The molecule has 0 atom stereocenters. The van der Waals surface area contributed by atoms with E-state index in [1.807, 2.05) is 19.1 Å². The van der Waals surface area contributed by atoms with Crippen LogP contribution in [-0.4, -0.2) is 29.9 Å². The highest BCUT2D eigenvalue weighted by Gasteiger charge is 2.29. The molecule has 1 aliphatic rings. The average molecular weight is 432 g/mol. The van der Waals surface area contributed by atoms with Crippen LogP contribution in [0.5, 0.6) is 0 Å². The SMILES string of the molecule is CC1=CC(/C=C/c2ccc(SC(F)(F)F)cc2)=NC/1=C(/CCN)c1cccn1[B]F. The smallest absolute Gasteiger partial charge is 0.365 e. The second-order valence-electron chi connectivity index (χ2n) is 6.58. The molecule has 155 valence electrons. The maximum atomic E-state index is 13.2. The molecule has 2 heterocycles. The number of thioether (sulfide) groups is 1. The van der Waals surface area contributed by atoms with E-state index in [0.717, 1.165) is 22.4 Å². The summed E-state index contributed by atoms with van der Waals surface area (Å²) in [6.45, 7) is 2.32. The molecule has 2 aromatic rings. The number of alkyl halides is 3. The van der Waals surface area contributed by atoms with Gasteiger partial charge in [-0.2, -0.15) is 13.2 Å². The van der Waals surface area contributed by atoms with Gasteiger partial charge in [-0.15, -0.1) is 0 Å². The van der Waals surface area contributed by atoms with Gasteiger partial charge in [-0.1, -0.05) is 18.2 Å². The fourth-order valence-corrected chi connectivity index (χ4v) is 3.68. The summed E-state index contributed by atoms with van der Waals surface area (Å²) in [4.78, 5) is 4.80. The molecule has 0 aliphatic carbocycles. The zero-order chi connectivity index (χ0) is 21.7. The van der Waals surface area contributed by atoms with Crippen LogP contribution >= 0.6 is 11.8 Å². The lowest BCUT2D eigenvalue weighted by Crippen LogP contribution is -2.08. The van der Waals surface area contributed by atoms with Gasteiger partial charge in [-0.05, 0) is 85.4 Å². The molecule has 0 fully saturated rings. The number of nitrogens with zero attached hydrogens (tertiary/aromatic N) is 2. The first-order valence-electron chi connectivity index (χ1n) is 9.16. The van der Waals surface area contributed by atoms with Crippen molar-refractivity contribution >= 4 is 36.8 Å². The maximum absolute atomic E-state index is 13.2. The molecule has 9 heteroatoms. The summed E-state index contributed by atoms with van der Waals surface area (Å²) in [5.41, 5.74) is 6.14. The third-order valence-corrected chi connectivity index (χ3v) is 5.15. The Hall–Kier alpha value is -2.52. The molecule has 30 heavy (non-hydrogen) atoms. The number of nitrogens with two attached hydrogens (primary N) is 1. The first-order chi connectivity index (χ1) is 14.3. The number of hydrogen-bond donors (Lipinski definition) is 1. The minimum atomic E-state index is -4.30. The van der Waals surface area contributed by atoms with E-state index in [9.17, 15) is 17.5 Å². The van der Waals surface area contributed by atoms with E-state index in [0.29, 0.717) is 32.1 Å². The number of rotatable bonds is 7. The minimum absolute atomic E-state index is 0.137.